The summed E-state index contributed by atoms with van der Waals surface area (Å²) in [6.45, 7) is 0. The molecule has 3 aromatic rings. The standard InChI is InChI=1S/C17H13BrO3/c1-20-17(19)15-9-12(11-5-3-2-4-6-11)7-13-8-14(10-18)21-16(13)15/h2-9H,10H2,1H3. The van der Waals surface area contributed by atoms with Crippen LogP contribution in [0.3, 0.4) is 0 Å². The van der Waals surface area contributed by atoms with E-state index in [2.05, 4.69) is 15.9 Å². The number of benzene rings is 2. The maximum absolute atomic E-state index is 12.0. The molecule has 106 valence electrons. The molecule has 3 nitrogen and oxygen atoms in total. The van der Waals surface area contributed by atoms with Crippen molar-refractivity contribution in [3.63, 3.8) is 0 Å². The quantitative estimate of drug-likeness (QED) is 0.507. The third kappa shape index (κ3) is 2.59. The summed E-state index contributed by atoms with van der Waals surface area (Å²) in [5.41, 5.74) is 3.02. The molecule has 0 bridgehead atoms. The Bertz CT molecular complexity index is 790. The Morgan fingerprint density at radius 2 is 1.90 bits per heavy atom. The molecule has 0 radical (unpaired) electrons. The topological polar surface area (TPSA) is 39.4 Å². The van der Waals surface area contributed by atoms with E-state index in [0.717, 1.165) is 22.3 Å². The fraction of sp³-hybridized carbons (Fsp3) is 0.118. The van der Waals surface area contributed by atoms with Crippen LogP contribution in [0.5, 0.6) is 0 Å². The zero-order chi connectivity index (χ0) is 14.8. The summed E-state index contributed by atoms with van der Waals surface area (Å²) in [5, 5.41) is 1.49. The van der Waals surface area contributed by atoms with Gasteiger partial charge in [-0.15, -0.1) is 0 Å². The summed E-state index contributed by atoms with van der Waals surface area (Å²) in [6.07, 6.45) is 0. The Labute approximate surface area is 130 Å². The molecule has 1 aromatic heterocycles. The summed E-state index contributed by atoms with van der Waals surface area (Å²) in [6, 6.07) is 15.7. The number of methoxy groups -OCH3 is 1. The predicted octanol–water partition coefficient (Wildman–Crippen LogP) is 4.78. The van der Waals surface area contributed by atoms with Gasteiger partial charge in [0.2, 0.25) is 0 Å². The number of furan rings is 1. The summed E-state index contributed by atoms with van der Waals surface area (Å²) in [4.78, 5) is 12.0. The first-order valence-corrected chi connectivity index (χ1v) is 7.61. The SMILES string of the molecule is COC(=O)c1cc(-c2ccccc2)cc2cc(CBr)oc12. The number of carbonyl (C=O) groups excluding carboxylic acids is 1. The number of ether oxygens (including phenoxy) is 1. The van der Waals surface area contributed by atoms with E-state index in [0.29, 0.717) is 16.5 Å². The molecule has 3 rings (SSSR count). The van der Waals surface area contributed by atoms with Crippen molar-refractivity contribution >= 4 is 32.9 Å². The van der Waals surface area contributed by atoms with Crippen LogP contribution in [0, 0.1) is 0 Å². The molecule has 0 aliphatic carbocycles. The van der Waals surface area contributed by atoms with Gasteiger partial charge in [-0.25, -0.2) is 4.79 Å². The molecular weight excluding hydrogens is 332 g/mol. The molecule has 0 amide bonds. The van der Waals surface area contributed by atoms with Crippen LogP contribution in [0.4, 0.5) is 0 Å². The lowest BCUT2D eigenvalue weighted by Crippen LogP contribution is -2.01. The minimum absolute atomic E-state index is 0.395. The Morgan fingerprint density at radius 3 is 2.57 bits per heavy atom. The highest BCUT2D eigenvalue weighted by Gasteiger charge is 2.17. The fourth-order valence-corrected chi connectivity index (χ4v) is 2.61. The van der Waals surface area contributed by atoms with Crippen LogP contribution in [0.25, 0.3) is 22.1 Å². The molecule has 21 heavy (non-hydrogen) atoms. The smallest absolute Gasteiger partial charge is 0.341 e. The largest absolute Gasteiger partial charge is 0.465 e. The van der Waals surface area contributed by atoms with Gasteiger partial charge in [0.05, 0.1) is 12.4 Å². The van der Waals surface area contributed by atoms with E-state index in [1.165, 1.54) is 7.11 Å². The van der Waals surface area contributed by atoms with Crippen LogP contribution in [0.15, 0.2) is 52.9 Å². The fourth-order valence-electron chi connectivity index (χ4n) is 2.33. The van der Waals surface area contributed by atoms with Crippen molar-refractivity contribution in [1.29, 1.82) is 0 Å². The van der Waals surface area contributed by atoms with Crippen LogP contribution >= 0.6 is 15.9 Å². The minimum atomic E-state index is -0.395. The summed E-state index contributed by atoms with van der Waals surface area (Å²) >= 11 is 3.37. The van der Waals surface area contributed by atoms with Crippen LogP contribution in [-0.2, 0) is 10.1 Å². The van der Waals surface area contributed by atoms with Crippen LogP contribution < -0.4 is 0 Å². The number of esters is 1. The average Bonchev–Trinajstić information content (AvgIpc) is 2.97. The first-order valence-electron chi connectivity index (χ1n) is 6.49. The predicted molar refractivity (Wildman–Crippen MR) is 85.6 cm³/mol. The zero-order valence-corrected chi connectivity index (χ0v) is 13.0. The van der Waals surface area contributed by atoms with E-state index in [-0.39, 0.29) is 0 Å². The lowest BCUT2D eigenvalue weighted by atomic mass is 10.0. The second-order valence-electron chi connectivity index (χ2n) is 4.65. The summed E-state index contributed by atoms with van der Waals surface area (Å²) in [5.74, 6) is 0.383. The number of alkyl halides is 1. The molecule has 2 aromatic carbocycles. The lowest BCUT2D eigenvalue weighted by Gasteiger charge is -2.05. The number of hydrogen-bond acceptors (Lipinski definition) is 3. The molecule has 0 saturated heterocycles. The van der Waals surface area contributed by atoms with E-state index in [1.54, 1.807) is 0 Å². The van der Waals surface area contributed by atoms with Gasteiger partial charge < -0.3 is 9.15 Å². The van der Waals surface area contributed by atoms with Gasteiger partial charge in [0, 0.05) is 5.39 Å². The van der Waals surface area contributed by atoms with Gasteiger partial charge in [-0.3, -0.25) is 0 Å². The molecular formula is C17H13BrO3. The lowest BCUT2D eigenvalue weighted by molar-refractivity contribution is 0.0602. The van der Waals surface area contributed by atoms with Crippen molar-refractivity contribution in [1.82, 2.24) is 0 Å². The Hall–Kier alpha value is -2.07. The zero-order valence-electron chi connectivity index (χ0n) is 11.4. The third-order valence-corrected chi connectivity index (χ3v) is 3.86. The molecule has 4 heteroatoms. The highest BCUT2D eigenvalue weighted by molar-refractivity contribution is 9.08. The van der Waals surface area contributed by atoms with E-state index < -0.39 is 5.97 Å². The number of rotatable bonds is 3. The van der Waals surface area contributed by atoms with Crippen molar-refractivity contribution in [3.8, 4) is 11.1 Å². The molecule has 0 spiro atoms. The highest BCUT2D eigenvalue weighted by Crippen LogP contribution is 2.31. The number of fused-ring (bicyclic) bond motifs is 1. The van der Waals surface area contributed by atoms with E-state index >= 15 is 0 Å². The van der Waals surface area contributed by atoms with Crippen molar-refractivity contribution in [3.05, 3.63) is 59.9 Å². The molecule has 0 aliphatic heterocycles. The van der Waals surface area contributed by atoms with Crippen LogP contribution in [0.2, 0.25) is 0 Å². The maximum Gasteiger partial charge on any atom is 0.341 e. The van der Waals surface area contributed by atoms with Gasteiger partial charge in [0.15, 0.2) is 0 Å². The van der Waals surface area contributed by atoms with Crippen molar-refractivity contribution < 1.29 is 13.9 Å². The molecule has 0 aliphatic rings. The van der Waals surface area contributed by atoms with Crippen molar-refractivity contribution in [2.24, 2.45) is 0 Å². The van der Waals surface area contributed by atoms with E-state index in [9.17, 15) is 4.79 Å². The van der Waals surface area contributed by atoms with Gasteiger partial charge in [-0.2, -0.15) is 0 Å². The summed E-state index contributed by atoms with van der Waals surface area (Å²) in [7, 11) is 1.37. The van der Waals surface area contributed by atoms with Gasteiger partial charge in [0.1, 0.15) is 16.9 Å². The second-order valence-corrected chi connectivity index (χ2v) is 5.21. The normalized spacial score (nSPS) is 10.8. The molecule has 0 N–H and O–H groups in total. The van der Waals surface area contributed by atoms with Crippen LogP contribution in [0.1, 0.15) is 16.1 Å². The van der Waals surface area contributed by atoms with Crippen molar-refractivity contribution in [2.45, 2.75) is 5.33 Å². The third-order valence-electron chi connectivity index (χ3n) is 3.31. The molecule has 0 unspecified atom stereocenters. The number of carbonyl (C=O) groups is 1. The second kappa shape index (κ2) is 5.74. The Kier molecular flexibility index (Phi) is 3.80. The average molecular weight is 345 g/mol. The van der Waals surface area contributed by atoms with Gasteiger partial charge >= 0.3 is 5.97 Å². The molecule has 1 heterocycles. The van der Waals surface area contributed by atoms with E-state index in [1.807, 2.05) is 48.5 Å². The summed E-state index contributed by atoms with van der Waals surface area (Å²) < 4.78 is 10.6. The van der Waals surface area contributed by atoms with Gasteiger partial charge in [-0.1, -0.05) is 46.3 Å². The number of hydrogen-bond donors (Lipinski definition) is 0. The highest BCUT2D eigenvalue weighted by atomic mass is 79.9. The Balaban J connectivity index is 2.26. The van der Waals surface area contributed by atoms with Crippen LogP contribution in [-0.4, -0.2) is 13.1 Å². The molecule has 0 atom stereocenters. The minimum Gasteiger partial charge on any atom is -0.465 e. The Morgan fingerprint density at radius 1 is 1.14 bits per heavy atom. The first-order chi connectivity index (χ1) is 10.2. The first kappa shape index (κ1) is 13.9. The molecule has 0 saturated carbocycles. The maximum atomic E-state index is 12.0. The van der Waals surface area contributed by atoms with Gasteiger partial charge in [-0.05, 0) is 29.3 Å². The number of halogens is 1. The van der Waals surface area contributed by atoms with Gasteiger partial charge in [0.25, 0.3) is 0 Å². The monoisotopic (exact) mass is 344 g/mol. The van der Waals surface area contributed by atoms with E-state index in [4.69, 9.17) is 9.15 Å². The molecule has 0 fully saturated rings. The van der Waals surface area contributed by atoms with Crippen molar-refractivity contribution in [2.75, 3.05) is 7.11 Å².